The molecule has 0 bridgehead atoms. The molecule has 1 atom stereocenters. The Labute approximate surface area is 83.7 Å². The van der Waals surface area contributed by atoms with Gasteiger partial charge in [-0.1, -0.05) is 6.92 Å². The van der Waals surface area contributed by atoms with Crippen molar-refractivity contribution in [3.05, 3.63) is 0 Å². The van der Waals surface area contributed by atoms with Crippen molar-refractivity contribution >= 4 is 11.9 Å². The van der Waals surface area contributed by atoms with E-state index in [0.717, 1.165) is 0 Å². The topological polar surface area (TPSA) is 92.4 Å². The Morgan fingerprint density at radius 3 is 2.36 bits per heavy atom. The molecule has 0 saturated carbocycles. The molecule has 0 fully saturated rings. The first-order valence-electron chi connectivity index (χ1n) is 4.58. The van der Waals surface area contributed by atoms with E-state index in [1.54, 1.807) is 20.8 Å². The van der Waals surface area contributed by atoms with E-state index < -0.39 is 17.4 Å². The number of carbonyl (C=O) groups excluding carboxylic acids is 1. The van der Waals surface area contributed by atoms with Gasteiger partial charge in [-0.15, -0.1) is 0 Å². The molecular weight excluding hydrogens is 184 g/mol. The number of carboxylic acids is 1. The van der Waals surface area contributed by atoms with Gasteiger partial charge in [0.05, 0.1) is 11.5 Å². The Bertz CT molecular complexity index is 226. The largest absolute Gasteiger partial charge is 0.481 e. The first-order valence-corrected chi connectivity index (χ1v) is 4.58. The second-order valence-electron chi connectivity index (χ2n) is 3.92. The van der Waals surface area contributed by atoms with Gasteiger partial charge in [-0.2, -0.15) is 0 Å². The number of hydrogen-bond acceptors (Lipinski definition) is 3. The molecule has 0 spiro atoms. The Kier molecular flexibility index (Phi) is 4.56. The number of nitrogens with two attached hydrogens (primary N) is 1. The van der Waals surface area contributed by atoms with Crippen LogP contribution in [0.15, 0.2) is 0 Å². The molecule has 0 rings (SSSR count). The maximum Gasteiger partial charge on any atom is 0.310 e. The maximum atomic E-state index is 11.2. The summed E-state index contributed by atoms with van der Waals surface area (Å²) in [5.41, 5.74) is 4.51. The smallest absolute Gasteiger partial charge is 0.310 e. The Morgan fingerprint density at radius 1 is 1.50 bits per heavy atom. The normalized spacial score (nSPS) is 13.4. The molecule has 0 aromatic rings. The van der Waals surface area contributed by atoms with Crippen LogP contribution >= 0.6 is 0 Å². The summed E-state index contributed by atoms with van der Waals surface area (Å²) in [6, 6.07) is -0.556. The Hall–Kier alpha value is -1.10. The zero-order valence-electron chi connectivity index (χ0n) is 8.83. The van der Waals surface area contributed by atoms with E-state index in [1.165, 1.54) is 0 Å². The molecule has 0 aromatic heterocycles. The molecule has 0 saturated heterocycles. The van der Waals surface area contributed by atoms with Crippen molar-refractivity contribution < 1.29 is 14.7 Å². The van der Waals surface area contributed by atoms with Gasteiger partial charge in [0.2, 0.25) is 5.91 Å². The molecule has 14 heavy (non-hydrogen) atoms. The highest BCUT2D eigenvalue weighted by Gasteiger charge is 2.28. The van der Waals surface area contributed by atoms with Gasteiger partial charge in [-0.05, 0) is 20.3 Å². The van der Waals surface area contributed by atoms with Gasteiger partial charge >= 0.3 is 5.97 Å². The number of carbonyl (C=O) groups is 2. The predicted octanol–water partition coefficient (Wildman–Crippen LogP) is -0.0493. The third kappa shape index (κ3) is 3.74. The number of rotatable bonds is 5. The highest BCUT2D eigenvalue weighted by atomic mass is 16.4. The second kappa shape index (κ2) is 4.95. The van der Waals surface area contributed by atoms with Crippen molar-refractivity contribution in [1.82, 2.24) is 5.32 Å². The van der Waals surface area contributed by atoms with Crippen molar-refractivity contribution in [2.75, 3.05) is 6.54 Å². The van der Waals surface area contributed by atoms with Crippen molar-refractivity contribution in [1.29, 1.82) is 0 Å². The van der Waals surface area contributed by atoms with E-state index >= 15 is 0 Å². The number of amides is 1. The molecule has 0 aliphatic rings. The highest BCUT2D eigenvalue weighted by Crippen LogP contribution is 2.12. The van der Waals surface area contributed by atoms with Gasteiger partial charge in [0.15, 0.2) is 0 Å². The van der Waals surface area contributed by atoms with Crippen LogP contribution in [0.4, 0.5) is 0 Å². The van der Waals surface area contributed by atoms with Gasteiger partial charge < -0.3 is 16.2 Å². The minimum Gasteiger partial charge on any atom is -0.481 e. The van der Waals surface area contributed by atoms with Crippen LogP contribution in [0.25, 0.3) is 0 Å². The lowest BCUT2D eigenvalue weighted by Gasteiger charge is -2.20. The maximum absolute atomic E-state index is 11.2. The Balaban J connectivity index is 4.06. The third-order valence-corrected chi connectivity index (χ3v) is 2.06. The van der Waals surface area contributed by atoms with Crippen LogP contribution in [-0.4, -0.2) is 29.6 Å². The lowest BCUT2D eigenvalue weighted by Crippen LogP contribution is -2.45. The summed E-state index contributed by atoms with van der Waals surface area (Å²) in [5, 5.41) is 11.3. The third-order valence-electron chi connectivity index (χ3n) is 2.06. The summed E-state index contributed by atoms with van der Waals surface area (Å²) in [7, 11) is 0. The molecule has 0 aromatic carbocycles. The van der Waals surface area contributed by atoms with Gasteiger partial charge in [0, 0.05) is 6.54 Å². The van der Waals surface area contributed by atoms with Crippen molar-refractivity contribution in [2.24, 2.45) is 11.1 Å². The molecular formula is C9H18N2O3. The summed E-state index contributed by atoms with van der Waals surface area (Å²) in [4.78, 5) is 21.9. The molecule has 0 aliphatic carbocycles. The average Bonchev–Trinajstić information content (AvgIpc) is 2.12. The van der Waals surface area contributed by atoms with Gasteiger partial charge in [-0.25, -0.2) is 0 Å². The van der Waals surface area contributed by atoms with Crippen LogP contribution in [0.3, 0.4) is 0 Å². The molecule has 82 valence electrons. The standard InChI is InChI=1S/C9H18N2O3/c1-4-6(10)7(12)11-5-9(2,3)8(13)14/h6H,4-5,10H2,1-3H3,(H,11,12)(H,13,14)/t6-/m1/s1. The number of nitrogens with one attached hydrogen (secondary N) is 1. The lowest BCUT2D eigenvalue weighted by atomic mass is 9.94. The van der Waals surface area contributed by atoms with Crippen molar-refractivity contribution in [3.63, 3.8) is 0 Å². The summed E-state index contributed by atoms with van der Waals surface area (Å²) >= 11 is 0. The summed E-state index contributed by atoms with van der Waals surface area (Å²) in [6.45, 7) is 4.99. The monoisotopic (exact) mass is 202 g/mol. The molecule has 5 heteroatoms. The van der Waals surface area contributed by atoms with Crippen LogP contribution in [0, 0.1) is 5.41 Å². The van der Waals surface area contributed by atoms with E-state index in [1.807, 2.05) is 0 Å². The molecule has 0 aliphatic heterocycles. The van der Waals surface area contributed by atoms with Crippen LogP contribution < -0.4 is 11.1 Å². The fourth-order valence-corrected chi connectivity index (χ4v) is 0.700. The van der Waals surface area contributed by atoms with Crippen molar-refractivity contribution in [2.45, 2.75) is 33.2 Å². The zero-order chi connectivity index (χ0) is 11.4. The molecule has 0 unspecified atom stereocenters. The fraction of sp³-hybridized carbons (Fsp3) is 0.778. The first-order chi connectivity index (χ1) is 6.31. The van der Waals surface area contributed by atoms with Gasteiger partial charge in [0.25, 0.3) is 0 Å². The van der Waals surface area contributed by atoms with Crippen LogP contribution in [-0.2, 0) is 9.59 Å². The number of carboxylic acid groups (broad SMARTS) is 1. The van der Waals surface area contributed by atoms with E-state index in [9.17, 15) is 9.59 Å². The van der Waals surface area contributed by atoms with E-state index in [0.29, 0.717) is 6.42 Å². The quantitative estimate of drug-likeness (QED) is 0.582. The van der Waals surface area contributed by atoms with Gasteiger partial charge in [0.1, 0.15) is 0 Å². The summed E-state index contributed by atoms with van der Waals surface area (Å²) < 4.78 is 0. The molecule has 1 amide bonds. The Morgan fingerprint density at radius 2 is 2.00 bits per heavy atom. The zero-order valence-corrected chi connectivity index (χ0v) is 8.83. The van der Waals surface area contributed by atoms with E-state index in [2.05, 4.69) is 5.32 Å². The molecule has 5 nitrogen and oxygen atoms in total. The van der Waals surface area contributed by atoms with E-state index in [-0.39, 0.29) is 12.5 Å². The highest BCUT2D eigenvalue weighted by molar-refractivity contribution is 5.82. The van der Waals surface area contributed by atoms with Crippen molar-refractivity contribution in [3.8, 4) is 0 Å². The van der Waals surface area contributed by atoms with Crippen LogP contribution in [0.5, 0.6) is 0 Å². The second-order valence-corrected chi connectivity index (χ2v) is 3.92. The van der Waals surface area contributed by atoms with Crippen LogP contribution in [0.2, 0.25) is 0 Å². The minimum atomic E-state index is -0.955. The molecule has 4 N–H and O–H groups in total. The average molecular weight is 202 g/mol. The number of aliphatic carboxylic acids is 1. The SMILES string of the molecule is CC[C@@H](N)C(=O)NCC(C)(C)C(=O)O. The predicted molar refractivity (Wildman–Crippen MR) is 52.7 cm³/mol. The van der Waals surface area contributed by atoms with Gasteiger partial charge in [-0.3, -0.25) is 9.59 Å². The minimum absolute atomic E-state index is 0.0921. The van der Waals surface area contributed by atoms with E-state index in [4.69, 9.17) is 10.8 Å². The number of hydrogen-bond donors (Lipinski definition) is 3. The van der Waals surface area contributed by atoms with Crippen LogP contribution in [0.1, 0.15) is 27.2 Å². The summed E-state index contributed by atoms with van der Waals surface area (Å²) in [6.07, 6.45) is 0.541. The molecule has 0 heterocycles. The first kappa shape index (κ1) is 12.9. The molecule has 0 radical (unpaired) electrons. The fourth-order valence-electron chi connectivity index (χ4n) is 0.700. The summed E-state index contributed by atoms with van der Waals surface area (Å²) in [5.74, 6) is -1.25. The lowest BCUT2D eigenvalue weighted by molar-refractivity contribution is -0.146.